The minimum Gasteiger partial charge on any atom is -0.340 e. The van der Waals surface area contributed by atoms with Gasteiger partial charge >= 0.3 is 0 Å². The Morgan fingerprint density at radius 3 is 2.54 bits per heavy atom. The van der Waals surface area contributed by atoms with Gasteiger partial charge in [-0.2, -0.15) is 0 Å². The summed E-state index contributed by atoms with van der Waals surface area (Å²) in [5.74, 6) is -0.732. The van der Waals surface area contributed by atoms with Crippen LogP contribution in [0.1, 0.15) is 11.1 Å². The molecule has 28 heavy (non-hydrogen) atoms. The van der Waals surface area contributed by atoms with Crippen LogP contribution < -0.4 is 5.32 Å². The van der Waals surface area contributed by atoms with E-state index in [-0.39, 0.29) is 24.0 Å². The Morgan fingerprint density at radius 2 is 1.82 bits per heavy atom. The predicted octanol–water partition coefficient (Wildman–Crippen LogP) is 3.11. The van der Waals surface area contributed by atoms with Gasteiger partial charge < -0.3 is 10.2 Å². The molecule has 148 valence electrons. The minimum atomic E-state index is -0.524. The zero-order chi connectivity index (χ0) is 20.1. The number of hydrogen-bond acceptors (Lipinski definition) is 3. The van der Waals surface area contributed by atoms with Crippen LogP contribution in [0.3, 0.4) is 0 Å². The molecule has 0 unspecified atom stereocenters. The lowest BCUT2D eigenvalue weighted by Crippen LogP contribution is -2.50. The first-order valence-corrected chi connectivity index (χ1v) is 9.59. The average Bonchev–Trinajstić information content (AvgIpc) is 2.67. The number of nitrogens with one attached hydrogen (secondary N) is 1. The number of anilines is 1. The van der Waals surface area contributed by atoms with Gasteiger partial charge in [0.2, 0.25) is 11.8 Å². The molecule has 2 aromatic rings. The van der Waals surface area contributed by atoms with E-state index in [9.17, 15) is 14.0 Å². The molecule has 0 saturated carbocycles. The fraction of sp³-hybridized carbons (Fsp3) is 0.333. The second-order valence-electron chi connectivity index (χ2n) is 6.93. The van der Waals surface area contributed by atoms with Gasteiger partial charge in [0.1, 0.15) is 5.82 Å². The van der Waals surface area contributed by atoms with Crippen molar-refractivity contribution in [3.63, 3.8) is 0 Å². The first-order valence-electron chi connectivity index (χ1n) is 9.22. The van der Waals surface area contributed by atoms with Crippen LogP contribution in [0.25, 0.3) is 0 Å². The van der Waals surface area contributed by atoms with Crippen molar-refractivity contribution < 1.29 is 14.0 Å². The number of piperazine rings is 1. The molecular formula is C21H23ClFN3O2. The highest BCUT2D eigenvalue weighted by atomic mass is 35.5. The minimum absolute atomic E-state index is 0.0737. The summed E-state index contributed by atoms with van der Waals surface area (Å²) in [6.45, 7) is 4.50. The molecule has 1 N–H and O–H groups in total. The smallest absolute Gasteiger partial charge is 0.238 e. The number of halogens is 2. The Labute approximate surface area is 169 Å². The predicted molar refractivity (Wildman–Crippen MR) is 108 cm³/mol. The van der Waals surface area contributed by atoms with Crippen molar-refractivity contribution in [2.75, 3.05) is 38.0 Å². The Hall–Kier alpha value is -2.44. The first kappa shape index (κ1) is 20.3. The molecule has 1 saturated heterocycles. The second kappa shape index (κ2) is 9.17. The summed E-state index contributed by atoms with van der Waals surface area (Å²) in [5.41, 5.74) is 2.22. The number of benzene rings is 2. The number of aryl methyl sites for hydroxylation is 1. The van der Waals surface area contributed by atoms with E-state index in [1.165, 1.54) is 18.2 Å². The van der Waals surface area contributed by atoms with Gasteiger partial charge in [-0.1, -0.05) is 35.9 Å². The third-order valence-electron chi connectivity index (χ3n) is 4.90. The topological polar surface area (TPSA) is 52.7 Å². The first-order chi connectivity index (χ1) is 13.4. The largest absolute Gasteiger partial charge is 0.340 e. The van der Waals surface area contributed by atoms with Gasteiger partial charge in [0.25, 0.3) is 0 Å². The Balaban J connectivity index is 1.47. The van der Waals surface area contributed by atoms with Gasteiger partial charge in [-0.05, 0) is 36.2 Å². The molecule has 2 aromatic carbocycles. The van der Waals surface area contributed by atoms with Crippen molar-refractivity contribution in [3.05, 3.63) is 64.4 Å². The summed E-state index contributed by atoms with van der Waals surface area (Å²) in [5, 5.41) is 2.91. The van der Waals surface area contributed by atoms with E-state index in [1.807, 2.05) is 41.0 Å². The maximum atomic E-state index is 13.7. The summed E-state index contributed by atoms with van der Waals surface area (Å²) in [7, 11) is 0. The highest BCUT2D eigenvalue weighted by Crippen LogP contribution is 2.19. The van der Waals surface area contributed by atoms with Gasteiger partial charge in [0.05, 0.1) is 18.7 Å². The maximum absolute atomic E-state index is 13.7. The molecule has 1 aliphatic heterocycles. The van der Waals surface area contributed by atoms with E-state index < -0.39 is 5.82 Å². The molecule has 1 heterocycles. The van der Waals surface area contributed by atoms with E-state index in [0.29, 0.717) is 37.6 Å². The number of carbonyl (C=O) groups is 2. The van der Waals surface area contributed by atoms with E-state index in [0.717, 1.165) is 11.1 Å². The standard InChI is InChI=1S/C21H23ClFN3O2/c1-15-4-2-3-5-16(15)12-21(28)26-10-8-25(9-11-26)14-20(27)24-19-13-17(22)6-7-18(19)23/h2-7,13H,8-12,14H2,1H3,(H,24,27). The molecule has 0 aromatic heterocycles. The van der Waals surface area contributed by atoms with Crippen molar-refractivity contribution in [1.29, 1.82) is 0 Å². The molecule has 3 rings (SSSR count). The molecular weight excluding hydrogens is 381 g/mol. The van der Waals surface area contributed by atoms with Crippen molar-refractivity contribution in [2.45, 2.75) is 13.3 Å². The molecule has 0 atom stereocenters. The highest BCUT2D eigenvalue weighted by Gasteiger charge is 2.23. The van der Waals surface area contributed by atoms with Crippen LogP contribution in [-0.2, 0) is 16.0 Å². The monoisotopic (exact) mass is 403 g/mol. The van der Waals surface area contributed by atoms with E-state index in [4.69, 9.17) is 11.6 Å². The quantitative estimate of drug-likeness (QED) is 0.834. The summed E-state index contributed by atoms with van der Waals surface area (Å²) in [6.07, 6.45) is 0.390. The normalized spacial score (nSPS) is 14.8. The summed E-state index contributed by atoms with van der Waals surface area (Å²) < 4.78 is 13.7. The fourth-order valence-electron chi connectivity index (χ4n) is 3.22. The summed E-state index contributed by atoms with van der Waals surface area (Å²) >= 11 is 5.84. The van der Waals surface area contributed by atoms with E-state index in [1.54, 1.807) is 0 Å². The van der Waals surface area contributed by atoms with Gasteiger partial charge in [-0.15, -0.1) is 0 Å². The summed E-state index contributed by atoms with van der Waals surface area (Å²) in [6, 6.07) is 11.9. The third kappa shape index (κ3) is 5.30. The molecule has 0 aliphatic carbocycles. The number of rotatable bonds is 5. The van der Waals surface area contributed by atoms with Gasteiger partial charge in [-0.3, -0.25) is 14.5 Å². The molecule has 1 aliphatic rings. The lowest BCUT2D eigenvalue weighted by atomic mass is 10.1. The van der Waals surface area contributed by atoms with Gasteiger partial charge in [-0.25, -0.2) is 4.39 Å². The molecule has 0 radical (unpaired) electrons. The maximum Gasteiger partial charge on any atom is 0.238 e. The van der Waals surface area contributed by atoms with Crippen LogP contribution in [0.15, 0.2) is 42.5 Å². The number of amides is 2. The van der Waals surface area contributed by atoms with Crippen molar-refractivity contribution in [1.82, 2.24) is 9.80 Å². The zero-order valence-corrected chi connectivity index (χ0v) is 16.5. The van der Waals surface area contributed by atoms with Crippen molar-refractivity contribution in [3.8, 4) is 0 Å². The lowest BCUT2D eigenvalue weighted by molar-refractivity contribution is -0.132. The zero-order valence-electron chi connectivity index (χ0n) is 15.8. The van der Waals surface area contributed by atoms with E-state index in [2.05, 4.69) is 5.32 Å². The van der Waals surface area contributed by atoms with Gasteiger partial charge in [0, 0.05) is 31.2 Å². The lowest BCUT2D eigenvalue weighted by Gasteiger charge is -2.34. The number of hydrogen-bond donors (Lipinski definition) is 1. The summed E-state index contributed by atoms with van der Waals surface area (Å²) in [4.78, 5) is 28.5. The molecule has 0 spiro atoms. The molecule has 0 bridgehead atoms. The number of nitrogens with zero attached hydrogens (tertiary/aromatic N) is 2. The van der Waals surface area contributed by atoms with Crippen molar-refractivity contribution in [2.24, 2.45) is 0 Å². The molecule has 1 fully saturated rings. The molecule has 2 amide bonds. The Kier molecular flexibility index (Phi) is 6.65. The average molecular weight is 404 g/mol. The highest BCUT2D eigenvalue weighted by molar-refractivity contribution is 6.30. The van der Waals surface area contributed by atoms with Crippen LogP contribution in [0.5, 0.6) is 0 Å². The Morgan fingerprint density at radius 1 is 1.11 bits per heavy atom. The van der Waals surface area contributed by atoms with Crippen LogP contribution in [-0.4, -0.2) is 54.3 Å². The van der Waals surface area contributed by atoms with Crippen LogP contribution in [0.4, 0.5) is 10.1 Å². The SMILES string of the molecule is Cc1ccccc1CC(=O)N1CCN(CC(=O)Nc2cc(Cl)ccc2F)CC1. The van der Waals surface area contributed by atoms with Crippen LogP contribution in [0, 0.1) is 12.7 Å². The van der Waals surface area contributed by atoms with Crippen LogP contribution in [0.2, 0.25) is 5.02 Å². The second-order valence-corrected chi connectivity index (χ2v) is 7.37. The Bertz CT molecular complexity index is 866. The third-order valence-corrected chi connectivity index (χ3v) is 5.13. The van der Waals surface area contributed by atoms with Crippen molar-refractivity contribution >= 4 is 29.1 Å². The fourth-order valence-corrected chi connectivity index (χ4v) is 3.40. The van der Waals surface area contributed by atoms with Gasteiger partial charge in [0.15, 0.2) is 0 Å². The number of carbonyl (C=O) groups excluding carboxylic acids is 2. The molecule has 5 nitrogen and oxygen atoms in total. The van der Waals surface area contributed by atoms with E-state index >= 15 is 0 Å². The van der Waals surface area contributed by atoms with Crippen LogP contribution >= 0.6 is 11.6 Å². The molecule has 7 heteroatoms.